The molecular weight excluding hydrogens is 294 g/mol. The summed E-state index contributed by atoms with van der Waals surface area (Å²) < 4.78 is 1.02. The molecule has 102 valence electrons. The Labute approximate surface area is 122 Å². The number of hydrogen-bond acceptors (Lipinski definition) is 7. The van der Waals surface area contributed by atoms with Crippen molar-refractivity contribution in [3.05, 3.63) is 28.6 Å². The third-order valence-corrected chi connectivity index (χ3v) is 4.54. The van der Waals surface area contributed by atoms with E-state index in [1.165, 1.54) is 22.7 Å². The van der Waals surface area contributed by atoms with E-state index in [4.69, 9.17) is 5.73 Å². The normalized spacial score (nSPS) is 10.7. The number of amides is 1. The maximum Gasteiger partial charge on any atom is 0.269 e. The number of carbonyl (C=O) groups is 1. The smallest absolute Gasteiger partial charge is 0.269 e. The van der Waals surface area contributed by atoms with E-state index in [0.717, 1.165) is 10.2 Å². The maximum atomic E-state index is 12.2. The van der Waals surface area contributed by atoms with Gasteiger partial charge in [0, 0.05) is 12.7 Å². The highest BCUT2D eigenvalue weighted by molar-refractivity contribution is 7.18. The van der Waals surface area contributed by atoms with E-state index < -0.39 is 0 Å². The zero-order chi connectivity index (χ0) is 14.1. The van der Waals surface area contributed by atoms with Gasteiger partial charge in [0.2, 0.25) is 0 Å². The van der Waals surface area contributed by atoms with Crippen molar-refractivity contribution in [1.29, 1.82) is 0 Å². The van der Waals surface area contributed by atoms with Crippen molar-refractivity contribution in [2.75, 3.05) is 23.4 Å². The SMILES string of the molecule is CNc1nc(N)c(C(=O)Nc2ccc3ncsc3c2)s1. The van der Waals surface area contributed by atoms with E-state index in [9.17, 15) is 4.79 Å². The van der Waals surface area contributed by atoms with Gasteiger partial charge in [0.05, 0.1) is 15.7 Å². The summed E-state index contributed by atoms with van der Waals surface area (Å²) in [6.45, 7) is 0. The molecule has 0 aliphatic carbocycles. The molecule has 3 rings (SSSR count). The first-order valence-corrected chi connectivity index (χ1v) is 7.45. The molecule has 8 heteroatoms. The number of nitrogens with one attached hydrogen (secondary N) is 2. The molecule has 2 heterocycles. The van der Waals surface area contributed by atoms with Gasteiger partial charge in [-0.2, -0.15) is 0 Å². The second kappa shape index (κ2) is 5.06. The number of fused-ring (bicyclic) bond motifs is 1. The highest BCUT2D eigenvalue weighted by Crippen LogP contribution is 2.26. The average Bonchev–Trinajstić information content (AvgIpc) is 3.04. The summed E-state index contributed by atoms with van der Waals surface area (Å²) in [4.78, 5) is 20.8. The van der Waals surface area contributed by atoms with Crippen molar-refractivity contribution in [3.63, 3.8) is 0 Å². The largest absolute Gasteiger partial charge is 0.382 e. The Kier molecular flexibility index (Phi) is 3.25. The Bertz CT molecular complexity index is 779. The van der Waals surface area contributed by atoms with Crippen molar-refractivity contribution in [2.24, 2.45) is 0 Å². The molecular formula is C12H11N5OS2. The fourth-order valence-corrected chi connectivity index (χ4v) is 3.17. The van der Waals surface area contributed by atoms with Crippen LogP contribution in [-0.4, -0.2) is 22.9 Å². The Hall–Kier alpha value is -2.19. The number of benzene rings is 1. The lowest BCUT2D eigenvalue weighted by Gasteiger charge is -2.03. The van der Waals surface area contributed by atoms with Crippen molar-refractivity contribution in [1.82, 2.24) is 9.97 Å². The summed E-state index contributed by atoms with van der Waals surface area (Å²) in [7, 11) is 1.73. The standard InChI is InChI=1S/C12H11N5OS2/c1-14-12-17-10(13)9(20-12)11(18)16-6-2-3-7-8(4-6)19-5-15-7/h2-5H,13H2,1H3,(H,14,17)(H,16,18). The molecule has 0 saturated heterocycles. The van der Waals surface area contributed by atoms with Gasteiger partial charge in [-0.3, -0.25) is 4.79 Å². The number of rotatable bonds is 3. The average molecular weight is 305 g/mol. The third-order valence-electron chi connectivity index (χ3n) is 2.66. The van der Waals surface area contributed by atoms with Gasteiger partial charge in [-0.15, -0.1) is 11.3 Å². The number of hydrogen-bond donors (Lipinski definition) is 3. The number of thiazole rings is 2. The number of carbonyl (C=O) groups excluding carboxylic acids is 1. The number of nitrogens with zero attached hydrogens (tertiary/aromatic N) is 2. The maximum absolute atomic E-state index is 12.2. The van der Waals surface area contributed by atoms with Crippen molar-refractivity contribution < 1.29 is 4.79 Å². The van der Waals surface area contributed by atoms with E-state index in [-0.39, 0.29) is 11.7 Å². The molecule has 1 aromatic carbocycles. The zero-order valence-electron chi connectivity index (χ0n) is 10.5. The number of nitrogens with two attached hydrogens (primary N) is 1. The lowest BCUT2D eigenvalue weighted by atomic mass is 10.3. The van der Waals surface area contributed by atoms with Crippen molar-refractivity contribution >= 4 is 55.4 Å². The Morgan fingerprint density at radius 2 is 2.25 bits per heavy atom. The molecule has 4 N–H and O–H groups in total. The Morgan fingerprint density at radius 3 is 3.00 bits per heavy atom. The van der Waals surface area contributed by atoms with E-state index in [0.29, 0.717) is 15.7 Å². The van der Waals surface area contributed by atoms with Crippen LogP contribution >= 0.6 is 22.7 Å². The Balaban J connectivity index is 1.85. The summed E-state index contributed by atoms with van der Waals surface area (Å²) in [5, 5.41) is 6.31. The molecule has 0 fully saturated rings. The van der Waals surface area contributed by atoms with Crippen LogP contribution in [0, 0.1) is 0 Å². The van der Waals surface area contributed by atoms with Gasteiger partial charge in [-0.1, -0.05) is 11.3 Å². The summed E-state index contributed by atoms with van der Waals surface area (Å²) in [6, 6.07) is 5.58. The van der Waals surface area contributed by atoms with Crippen LogP contribution in [0.5, 0.6) is 0 Å². The van der Waals surface area contributed by atoms with Gasteiger partial charge in [0.1, 0.15) is 10.7 Å². The first-order chi connectivity index (χ1) is 9.67. The minimum absolute atomic E-state index is 0.232. The second-order valence-electron chi connectivity index (χ2n) is 3.97. The molecule has 0 radical (unpaired) electrons. The molecule has 1 amide bonds. The fourth-order valence-electron chi connectivity index (χ4n) is 1.72. The molecule has 0 atom stereocenters. The summed E-state index contributed by atoms with van der Waals surface area (Å²) in [5.74, 6) is -0.0268. The molecule has 0 aliphatic heterocycles. The van der Waals surface area contributed by atoms with Crippen molar-refractivity contribution in [3.8, 4) is 0 Å². The molecule has 0 spiro atoms. The van der Waals surface area contributed by atoms with Crippen LogP contribution in [0.2, 0.25) is 0 Å². The lowest BCUT2D eigenvalue weighted by Crippen LogP contribution is -2.12. The number of anilines is 3. The number of aromatic nitrogens is 2. The minimum atomic E-state index is -0.259. The summed E-state index contributed by atoms with van der Waals surface area (Å²) in [6.07, 6.45) is 0. The van der Waals surface area contributed by atoms with E-state index in [2.05, 4.69) is 20.6 Å². The van der Waals surface area contributed by atoms with E-state index >= 15 is 0 Å². The second-order valence-corrected chi connectivity index (χ2v) is 5.86. The molecule has 20 heavy (non-hydrogen) atoms. The van der Waals surface area contributed by atoms with Gasteiger partial charge in [-0.05, 0) is 18.2 Å². The number of nitrogen functional groups attached to an aromatic ring is 1. The topological polar surface area (TPSA) is 92.9 Å². The monoisotopic (exact) mass is 305 g/mol. The zero-order valence-corrected chi connectivity index (χ0v) is 12.1. The minimum Gasteiger partial charge on any atom is -0.382 e. The van der Waals surface area contributed by atoms with Crippen LogP contribution in [-0.2, 0) is 0 Å². The summed E-state index contributed by atoms with van der Waals surface area (Å²) in [5.41, 5.74) is 9.14. The highest BCUT2D eigenvalue weighted by Gasteiger charge is 2.16. The quantitative estimate of drug-likeness (QED) is 0.691. The third kappa shape index (κ3) is 2.30. The Morgan fingerprint density at radius 1 is 1.40 bits per heavy atom. The molecule has 0 bridgehead atoms. The first kappa shape index (κ1) is 12.8. The van der Waals surface area contributed by atoms with Gasteiger partial charge >= 0.3 is 0 Å². The first-order valence-electron chi connectivity index (χ1n) is 5.76. The van der Waals surface area contributed by atoms with Crippen LogP contribution in [0.15, 0.2) is 23.7 Å². The van der Waals surface area contributed by atoms with Gasteiger partial charge in [-0.25, -0.2) is 9.97 Å². The highest BCUT2D eigenvalue weighted by atomic mass is 32.1. The molecule has 0 aliphatic rings. The molecule has 0 saturated carbocycles. The van der Waals surface area contributed by atoms with Gasteiger partial charge < -0.3 is 16.4 Å². The molecule has 2 aromatic heterocycles. The molecule has 6 nitrogen and oxygen atoms in total. The predicted molar refractivity (Wildman–Crippen MR) is 83.6 cm³/mol. The van der Waals surface area contributed by atoms with Crippen LogP contribution in [0.4, 0.5) is 16.6 Å². The van der Waals surface area contributed by atoms with E-state index in [1.54, 1.807) is 12.6 Å². The summed E-state index contributed by atoms with van der Waals surface area (Å²) >= 11 is 2.75. The van der Waals surface area contributed by atoms with Gasteiger partial charge in [0.15, 0.2) is 5.13 Å². The van der Waals surface area contributed by atoms with Crippen LogP contribution < -0.4 is 16.4 Å². The van der Waals surface area contributed by atoms with Crippen LogP contribution in [0.1, 0.15) is 9.67 Å². The fraction of sp³-hybridized carbons (Fsp3) is 0.0833. The van der Waals surface area contributed by atoms with Crippen molar-refractivity contribution in [2.45, 2.75) is 0 Å². The van der Waals surface area contributed by atoms with Crippen LogP contribution in [0.3, 0.4) is 0 Å². The molecule has 0 unspecified atom stereocenters. The van der Waals surface area contributed by atoms with Gasteiger partial charge in [0.25, 0.3) is 5.91 Å². The molecule has 3 aromatic rings. The lowest BCUT2D eigenvalue weighted by molar-refractivity contribution is 0.103. The van der Waals surface area contributed by atoms with E-state index in [1.807, 2.05) is 18.2 Å². The van der Waals surface area contributed by atoms with Crippen LogP contribution in [0.25, 0.3) is 10.2 Å². The predicted octanol–water partition coefficient (Wildman–Crippen LogP) is 2.63.